The van der Waals surface area contributed by atoms with E-state index >= 15 is 0 Å². The second kappa shape index (κ2) is 11.2. The number of para-hydroxylation sites is 1. The number of unbranched alkanes of at least 4 members (excludes halogenated alkanes) is 3. The van der Waals surface area contributed by atoms with Gasteiger partial charge in [-0.2, -0.15) is 10.1 Å². The van der Waals surface area contributed by atoms with Crippen LogP contribution in [0.3, 0.4) is 0 Å². The third kappa shape index (κ3) is 5.63. The van der Waals surface area contributed by atoms with Gasteiger partial charge >= 0.3 is 0 Å². The van der Waals surface area contributed by atoms with Gasteiger partial charge in [0.2, 0.25) is 0 Å². The van der Waals surface area contributed by atoms with Crippen molar-refractivity contribution in [3.05, 3.63) is 106 Å². The van der Waals surface area contributed by atoms with Gasteiger partial charge in [0.05, 0.1) is 22.8 Å². The molecule has 1 aliphatic rings. The minimum Gasteiger partial charge on any atom is -0.493 e. The number of non-ortho nitro benzene ring substituents is 1. The summed E-state index contributed by atoms with van der Waals surface area (Å²) < 4.78 is 6.04. The Morgan fingerprint density at radius 3 is 2.37 bits per heavy atom. The summed E-state index contributed by atoms with van der Waals surface area (Å²) in [5.41, 5.74) is 2.96. The quantitative estimate of drug-likeness (QED) is 0.149. The highest BCUT2D eigenvalue weighted by atomic mass is 16.6. The van der Waals surface area contributed by atoms with Crippen molar-refractivity contribution in [1.29, 1.82) is 0 Å². The Morgan fingerprint density at radius 1 is 0.943 bits per heavy atom. The summed E-state index contributed by atoms with van der Waals surface area (Å²) >= 11 is 0. The highest BCUT2D eigenvalue weighted by Crippen LogP contribution is 2.31. The second-order valence-electron chi connectivity index (χ2n) is 8.21. The Bertz CT molecular complexity index is 1250. The molecule has 3 aromatic carbocycles. The van der Waals surface area contributed by atoms with Gasteiger partial charge in [0.1, 0.15) is 11.5 Å². The van der Waals surface area contributed by atoms with Crippen molar-refractivity contribution in [2.75, 3.05) is 11.6 Å². The normalized spacial score (nSPS) is 14.3. The molecular weight excluding hydrogens is 442 g/mol. The van der Waals surface area contributed by atoms with Gasteiger partial charge in [-0.05, 0) is 30.7 Å². The van der Waals surface area contributed by atoms with E-state index in [-0.39, 0.29) is 11.6 Å². The van der Waals surface area contributed by atoms with Crippen LogP contribution >= 0.6 is 0 Å². The number of benzene rings is 3. The zero-order valence-electron chi connectivity index (χ0n) is 19.6. The number of hydrogen-bond donors (Lipinski definition) is 0. The number of carbonyl (C=O) groups is 1. The first-order valence-electron chi connectivity index (χ1n) is 11.8. The Labute approximate surface area is 204 Å². The molecule has 0 radical (unpaired) electrons. The number of rotatable bonds is 10. The fraction of sp³-hybridized carbons (Fsp3) is 0.214. The van der Waals surface area contributed by atoms with Gasteiger partial charge < -0.3 is 4.74 Å². The number of amides is 1. The van der Waals surface area contributed by atoms with Crippen LogP contribution in [0.5, 0.6) is 5.75 Å². The molecule has 7 heteroatoms. The average molecular weight is 470 g/mol. The van der Waals surface area contributed by atoms with Crippen molar-refractivity contribution >= 4 is 29.1 Å². The van der Waals surface area contributed by atoms with E-state index in [9.17, 15) is 14.9 Å². The lowest BCUT2D eigenvalue weighted by atomic mass is 10.00. The Morgan fingerprint density at radius 2 is 1.66 bits per heavy atom. The van der Waals surface area contributed by atoms with Gasteiger partial charge in [-0.25, -0.2) is 0 Å². The van der Waals surface area contributed by atoms with Gasteiger partial charge in [-0.1, -0.05) is 74.7 Å². The fourth-order valence-electron chi connectivity index (χ4n) is 3.84. The van der Waals surface area contributed by atoms with Crippen molar-refractivity contribution in [2.45, 2.75) is 32.6 Å². The number of hydrogen-bond acceptors (Lipinski definition) is 5. The van der Waals surface area contributed by atoms with E-state index in [4.69, 9.17) is 4.74 Å². The largest absolute Gasteiger partial charge is 0.493 e. The van der Waals surface area contributed by atoms with Crippen LogP contribution in [-0.4, -0.2) is 23.1 Å². The molecule has 0 fully saturated rings. The first-order valence-corrected chi connectivity index (χ1v) is 11.8. The molecule has 0 spiro atoms. The molecule has 4 rings (SSSR count). The van der Waals surface area contributed by atoms with Crippen LogP contribution in [0.25, 0.3) is 6.08 Å². The van der Waals surface area contributed by atoms with E-state index in [1.165, 1.54) is 35.7 Å². The van der Waals surface area contributed by atoms with Gasteiger partial charge in [-0.3, -0.25) is 14.9 Å². The molecule has 0 saturated heterocycles. The average Bonchev–Trinajstić information content (AvgIpc) is 3.21. The van der Waals surface area contributed by atoms with Crippen LogP contribution < -0.4 is 9.75 Å². The summed E-state index contributed by atoms with van der Waals surface area (Å²) in [6, 6.07) is 22.9. The number of nitro benzene ring substituents is 1. The summed E-state index contributed by atoms with van der Waals surface area (Å²) in [5, 5.41) is 16.9. The summed E-state index contributed by atoms with van der Waals surface area (Å²) in [7, 11) is 0. The highest BCUT2D eigenvalue weighted by molar-refractivity contribution is 6.37. The topological polar surface area (TPSA) is 85.0 Å². The SMILES string of the molecule is CCCCCCOc1ccccc1/C=C1/C(=O)N(c2ccc([N+](=O)[O-])cc2)N=C1c1ccccc1. The third-order valence-electron chi connectivity index (χ3n) is 5.70. The highest BCUT2D eigenvalue weighted by Gasteiger charge is 2.32. The van der Waals surface area contributed by atoms with E-state index in [0.29, 0.717) is 29.3 Å². The zero-order chi connectivity index (χ0) is 24.6. The summed E-state index contributed by atoms with van der Waals surface area (Å²) in [6.07, 6.45) is 6.24. The molecule has 0 atom stereocenters. The fourth-order valence-corrected chi connectivity index (χ4v) is 3.84. The van der Waals surface area contributed by atoms with Crippen LogP contribution in [0, 0.1) is 10.1 Å². The number of nitro groups is 1. The molecule has 3 aromatic rings. The molecule has 0 unspecified atom stereocenters. The predicted octanol–water partition coefficient (Wildman–Crippen LogP) is 6.39. The minimum absolute atomic E-state index is 0.0477. The summed E-state index contributed by atoms with van der Waals surface area (Å²) in [5.74, 6) is 0.404. The van der Waals surface area contributed by atoms with Crippen molar-refractivity contribution in [3.8, 4) is 5.75 Å². The van der Waals surface area contributed by atoms with Gasteiger partial charge in [0.25, 0.3) is 11.6 Å². The van der Waals surface area contributed by atoms with Gasteiger partial charge in [0.15, 0.2) is 0 Å². The summed E-state index contributed by atoms with van der Waals surface area (Å²) in [4.78, 5) is 24.1. The maximum atomic E-state index is 13.5. The van der Waals surface area contributed by atoms with Crippen LogP contribution in [0.2, 0.25) is 0 Å². The number of hydrazone groups is 1. The third-order valence-corrected chi connectivity index (χ3v) is 5.70. The number of anilines is 1. The standard InChI is InChI=1S/C28H27N3O4/c1-2-3-4-10-19-35-26-14-9-8-13-22(26)20-25-27(21-11-6-5-7-12-21)29-30(28(25)32)23-15-17-24(18-16-23)31(33)34/h5-9,11-18,20H,2-4,10,19H2,1H3/b25-20+. The number of nitrogens with zero attached hydrogens (tertiary/aromatic N) is 3. The monoisotopic (exact) mass is 469 g/mol. The Kier molecular flexibility index (Phi) is 7.67. The van der Waals surface area contributed by atoms with E-state index in [0.717, 1.165) is 30.4 Å². The van der Waals surface area contributed by atoms with Crippen molar-refractivity contribution in [2.24, 2.45) is 5.10 Å². The minimum atomic E-state index is -0.473. The zero-order valence-corrected chi connectivity index (χ0v) is 19.6. The van der Waals surface area contributed by atoms with E-state index in [1.54, 1.807) is 6.08 Å². The first-order chi connectivity index (χ1) is 17.1. The number of carbonyl (C=O) groups excluding carboxylic acids is 1. The van der Waals surface area contributed by atoms with Gasteiger partial charge in [0, 0.05) is 23.3 Å². The Hall–Kier alpha value is -4.26. The molecule has 0 bridgehead atoms. The molecule has 1 amide bonds. The maximum absolute atomic E-state index is 13.5. The van der Waals surface area contributed by atoms with E-state index in [1.807, 2.05) is 54.6 Å². The van der Waals surface area contributed by atoms with Crippen LogP contribution in [-0.2, 0) is 4.79 Å². The lowest BCUT2D eigenvalue weighted by Gasteiger charge is -2.12. The first kappa shape index (κ1) is 23.9. The molecule has 0 aliphatic carbocycles. The lowest BCUT2D eigenvalue weighted by molar-refractivity contribution is -0.384. The van der Waals surface area contributed by atoms with Crippen LogP contribution in [0.15, 0.2) is 89.5 Å². The van der Waals surface area contributed by atoms with Crippen molar-refractivity contribution in [1.82, 2.24) is 0 Å². The lowest BCUT2D eigenvalue weighted by Crippen LogP contribution is -2.21. The van der Waals surface area contributed by atoms with Crippen molar-refractivity contribution < 1.29 is 14.5 Å². The summed E-state index contributed by atoms with van der Waals surface area (Å²) in [6.45, 7) is 2.79. The molecule has 0 N–H and O–H groups in total. The van der Waals surface area contributed by atoms with Crippen LogP contribution in [0.4, 0.5) is 11.4 Å². The van der Waals surface area contributed by atoms with E-state index < -0.39 is 4.92 Å². The van der Waals surface area contributed by atoms with Crippen molar-refractivity contribution in [3.63, 3.8) is 0 Å². The molecular formula is C28H27N3O4. The number of ether oxygens (including phenoxy) is 1. The second-order valence-corrected chi connectivity index (χ2v) is 8.21. The van der Waals surface area contributed by atoms with E-state index in [2.05, 4.69) is 12.0 Å². The molecule has 178 valence electrons. The molecule has 1 heterocycles. The molecule has 35 heavy (non-hydrogen) atoms. The molecule has 1 aliphatic heterocycles. The molecule has 0 aromatic heterocycles. The molecule has 0 saturated carbocycles. The Balaban J connectivity index is 1.68. The maximum Gasteiger partial charge on any atom is 0.281 e. The van der Waals surface area contributed by atoms with Crippen LogP contribution in [0.1, 0.15) is 43.7 Å². The molecule has 7 nitrogen and oxygen atoms in total. The predicted molar refractivity (Wildman–Crippen MR) is 138 cm³/mol. The smallest absolute Gasteiger partial charge is 0.281 e. The van der Waals surface area contributed by atoms with Gasteiger partial charge in [-0.15, -0.1) is 0 Å².